The SMILES string of the molecule is CC(C)(C)c1cc(-c2ccc3c(c2)c2cc(-c4cc(C(C)(C)C)cc(C(C)(C)C)c4)ccc2n3C(C)(C)C)cc(C(C)(C)C)c1.CC(C)(C)c1ccc(-c2ccc3c(c2)c2cc(-c4ccc(C(C)(C)C)cc4)ccc2n3C(C)(C)C)cc1.CC(C)(C)c1ccc2c(c1)c1cc(C(C)(C)C)ccc1n2C(C)(C)C.CC(C)(C)n1c2ccc(-c3ccccc3)cc2c2cc(-c3ccccc3)ccc21. The van der Waals surface area contributed by atoms with Crippen LogP contribution in [0.4, 0.5) is 0 Å². The Morgan fingerprint density at radius 3 is 0.456 bits per heavy atom. The van der Waals surface area contributed by atoms with E-state index in [4.69, 9.17) is 0 Å². The molecule has 704 valence electrons. The molecule has 4 nitrogen and oxygen atoms in total. The summed E-state index contributed by atoms with van der Waals surface area (Å²) in [5, 5.41) is 10.7. The largest absolute Gasteiger partial charge is 0.335 e. The quantitative estimate of drug-likeness (QED) is 0.158. The molecule has 4 aromatic heterocycles. The summed E-state index contributed by atoms with van der Waals surface area (Å²) in [4.78, 5) is 0. The first-order valence-corrected chi connectivity index (χ1v) is 50.0. The molecule has 18 aromatic rings. The number of hydrogen-bond acceptors (Lipinski definition) is 0. The molecule has 0 bridgehead atoms. The maximum absolute atomic E-state index is 2.53. The third-order valence-electron chi connectivity index (χ3n) is 27.9. The van der Waals surface area contributed by atoms with Gasteiger partial charge < -0.3 is 18.3 Å². The number of fused-ring (bicyclic) bond motifs is 12. The summed E-state index contributed by atoms with van der Waals surface area (Å²) in [6, 6.07) is 110. The van der Waals surface area contributed by atoms with E-state index in [-0.39, 0.29) is 65.5 Å². The fourth-order valence-corrected chi connectivity index (χ4v) is 19.9. The highest BCUT2D eigenvalue weighted by Crippen LogP contribution is 2.47. The van der Waals surface area contributed by atoms with E-state index < -0.39 is 0 Å². The van der Waals surface area contributed by atoms with Gasteiger partial charge in [-0.3, -0.25) is 0 Å². The summed E-state index contributed by atoms with van der Waals surface area (Å²) in [6.45, 7) is 82.7. The maximum atomic E-state index is 2.53. The van der Waals surface area contributed by atoms with Gasteiger partial charge in [0.2, 0.25) is 0 Å². The molecule has 18 rings (SSSR count). The Balaban J connectivity index is 0.000000141. The summed E-state index contributed by atoms with van der Waals surface area (Å²) in [6.07, 6.45) is 0. The summed E-state index contributed by atoms with van der Waals surface area (Å²) >= 11 is 0. The molecule has 0 saturated carbocycles. The molecule has 0 saturated heterocycles. The van der Waals surface area contributed by atoms with Crippen molar-refractivity contribution >= 4 is 87.2 Å². The third-order valence-corrected chi connectivity index (χ3v) is 27.9. The zero-order chi connectivity index (χ0) is 99.0. The third kappa shape index (κ3) is 20.5. The van der Waals surface area contributed by atoms with Gasteiger partial charge in [-0.25, -0.2) is 0 Å². The summed E-state index contributed by atoms with van der Waals surface area (Å²) in [7, 11) is 0. The van der Waals surface area contributed by atoms with E-state index in [1.807, 2.05) is 0 Å². The highest BCUT2D eigenvalue weighted by Gasteiger charge is 2.31. The molecule has 0 radical (unpaired) electrons. The van der Waals surface area contributed by atoms with Gasteiger partial charge in [-0.2, -0.15) is 0 Å². The molecule has 0 N–H and O–H groups in total. The molecular formula is C132H156N4. The Hall–Kier alpha value is -11.7. The minimum absolute atomic E-state index is 0.00251. The van der Waals surface area contributed by atoms with Crippen LogP contribution in [0, 0.1) is 0 Å². The van der Waals surface area contributed by atoms with Crippen LogP contribution in [0.1, 0.15) is 294 Å². The zero-order valence-corrected chi connectivity index (χ0v) is 89.5. The molecule has 0 aliphatic rings. The first-order valence-electron chi connectivity index (χ1n) is 50.0. The van der Waals surface area contributed by atoms with Gasteiger partial charge in [0.15, 0.2) is 0 Å². The molecular weight excluding hydrogens is 1640 g/mol. The molecule has 4 heteroatoms. The highest BCUT2D eigenvalue weighted by molar-refractivity contribution is 6.14. The predicted octanol–water partition coefficient (Wildman–Crippen LogP) is 38.6. The average Bonchev–Trinajstić information content (AvgIpc) is 1.58. The predicted molar refractivity (Wildman–Crippen MR) is 600 cm³/mol. The number of aromatic nitrogens is 4. The van der Waals surface area contributed by atoms with Gasteiger partial charge in [0.1, 0.15) is 0 Å². The van der Waals surface area contributed by atoms with Crippen LogP contribution in [0.15, 0.2) is 291 Å². The average molecular weight is 1800 g/mol. The van der Waals surface area contributed by atoms with Crippen LogP contribution in [-0.4, -0.2) is 18.3 Å². The van der Waals surface area contributed by atoms with E-state index in [1.54, 1.807) is 0 Å². The summed E-state index contributed by atoms with van der Waals surface area (Å²) in [5.41, 5.74) is 37.6. The Morgan fingerprint density at radius 2 is 0.272 bits per heavy atom. The smallest absolute Gasteiger partial charge is 0.0496 e. The Labute approximate surface area is 817 Å². The van der Waals surface area contributed by atoms with Gasteiger partial charge in [0.25, 0.3) is 0 Å². The van der Waals surface area contributed by atoms with Crippen molar-refractivity contribution in [3.05, 3.63) is 336 Å². The first kappa shape index (κ1) is 98.8. The van der Waals surface area contributed by atoms with Crippen molar-refractivity contribution in [3.63, 3.8) is 0 Å². The highest BCUT2D eigenvalue weighted by atomic mass is 15.1. The van der Waals surface area contributed by atoms with Crippen molar-refractivity contribution in [3.8, 4) is 66.8 Å². The van der Waals surface area contributed by atoms with Crippen molar-refractivity contribution in [2.45, 2.75) is 315 Å². The van der Waals surface area contributed by atoms with Crippen molar-refractivity contribution in [1.29, 1.82) is 0 Å². The standard InChI is InChI=1S/C44H57N.C36H41N.C28H25N.C24H33N/c1-40(2,3)32-20-30(21-33(26-32)41(4,5)6)28-16-18-38-36(24-28)37-25-29(17-19-39(37)45(38)44(13,14)15)31-22-34(42(7,8)9)27-35(23-31)43(10,11)12;1-34(2,3)28-16-10-24(11-17-28)26-14-20-32-30(22-26)31-23-27(15-21-33(31)37(32)36(7,8)9)25-12-18-29(19-13-25)35(4,5)6;1-28(2,3)29-26-16-14-22(20-10-6-4-7-11-20)18-24(26)25-19-23(15-17-27(25)29)21-12-8-5-9-13-21;1-22(2,3)16-10-12-20-18(14-16)19-15-17(23(4,5)6)11-13-21(19)25(20)24(7,8)9/h16-27H,1-15H3;10-23H,1-9H3;4-19H,1-3H3;10-15H,1-9H3. The fraction of sp³-hybridized carbons (Fsp3) is 0.364. The van der Waals surface area contributed by atoms with Crippen molar-refractivity contribution < 1.29 is 0 Å². The minimum atomic E-state index is -0.0554. The van der Waals surface area contributed by atoms with E-state index in [0.29, 0.717) is 0 Å². The van der Waals surface area contributed by atoms with Gasteiger partial charge in [0.05, 0.1) is 0 Å². The number of benzene rings is 14. The summed E-state index contributed by atoms with van der Waals surface area (Å²) in [5.74, 6) is 0. The summed E-state index contributed by atoms with van der Waals surface area (Å²) < 4.78 is 10.00. The van der Waals surface area contributed by atoms with Crippen LogP contribution in [0.3, 0.4) is 0 Å². The second-order valence-electron chi connectivity index (χ2n) is 51.4. The normalized spacial score (nSPS) is 13.1. The monoisotopic (exact) mass is 1800 g/mol. The first-order chi connectivity index (χ1) is 63.0. The molecule has 4 heterocycles. The van der Waals surface area contributed by atoms with E-state index in [0.717, 1.165) is 0 Å². The molecule has 0 spiro atoms. The van der Waals surface area contributed by atoms with Crippen LogP contribution < -0.4 is 0 Å². The van der Waals surface area contributed by atoms with Crippen LogP contribution in [0.5, 0.6) is 0 Å². The van der Waals surface area contributed by atoms with Gasteiger partial charge in [-0.05, 0) is 335 Å². The molecule has 0 fully saturated rings. The lowest BCUT2D eigenvalue weighted by Crippen LogP contribution is -2.21. The lowest BCUT2D eigenvalue weighted by molar-refractivity contribution is 0.423. The Kier molecular flexibility index (Phi) is 25.7. The molecule has 0 aliphatic heterocycles. The Morgan fingerprint density at radius 1 is 0.118 bits per heavy atom. The maximum Gasteiger partial charge on any atom is 0.0496 e. The van der Waals surface area contributed by atoms with Crippen molar-refractivity contribution in [2.24, 2.45) is 0 Å². The van der Waals surface area contributed by atoms with Crippen molar-refractivity contribution in [1.82, 2.24) is 18.3 Å². The van der Waals surface area contributed by atoms with Crippen LogP contribution in [0.25, 0.3) is 154 Å². The minimum Gasteiger partial charge on any atom is -0.335 e. The number of hydrogen-bond donors (Lipinski definition) is 0. The molecule has 136 heavy (non-hydrogen) atoms. The van der Waals surface area contributed by atoms with Gasteiger partial charge in [0, 0.05) is 109 Å². The fourth-order valence-electron chi connectivity index (χ4n) is 19.9. The number of nitrogens with zero attached hydrogens (tertiary/aromatic N) is 4. The topological polar surface area (TPSA) is 19.7 Å². The lowest BCUT2D eigenvalue weighted by atomic mass is 9.78. The van der Waals surface area contributed by atoms with Crippen LogP contribution in [-0.2, 0) is 65.5 Å². The van der Waals surface area contributed by atoms with Gasteiger partial charge in [-0.1, -0.05) is 360 Å². The molecule has 0 aliphatic carbocycles. The van der Waals surface area contributed by atoms with E-state index in [2.05, 4.69) is 559 Å². The van der Waals surface area contributed by atoms with Crippen LogP contribution in [0.2, 0.25) is 0 Å². The van der Waals surface area contributed by atoms with E-state index in [1.165, 1.54) is 198 Å². The molecule has 0 atom stereocenters. The van der Waals surface area contributed by atoms with Crippen molar-refractivity contribution in [2.75, 3.05) is 0 Å². The van der Waals surface area contributed by atoms with E-state index in [9.17, 15) is 0 Å². The Bertz CT molecular complexity index is 6990. The molecule has 0 amide bonds. The van der Waals surface area contributed by atoms with Gasteiger partial charge >= 0.3 is 0 Å². The van der Waals surface area contributed by atoms with Crippen LogP contribution >= 0.6 is 0 Å². The molecule has 14 aromatic carbocycles. The second-order valence-corrected chi connectivity index (χ2v) is 51.4. The zero-order valence-electron chi connectivity index (χ0n) is 89.5. The number of rotatable bonds is 6. The second kappa shape index (κ2) is 35.4. The lowest BCUT2D eigenvalue weighted by Gasteiger charge is -2.26. The molecule has 0 unspecified atom stereocenters. The van der Waals surface area contributed by atoms with E-state index >= 15 is 0 Å². The van der Waals surface area contributed by atoms with Gasteiger partial charge in [-0.15, -0.1) is 0 Å².